The van der Waals surface area contributed by atoms with Crippen LogP contribution in [0.5, 0.6) is 0 Å². The highest BCUT2D eigenvalue weighted by atomic mass is 32.1. The van der Waals surface area contributed by atoms with E-state index in [4.69, 9.17) is 22.7 Å². The van der Waals surface area contributed by atoms with E-state index >= 15 is 0 Å². The van der Waals surface area contributed by atoms with Crippen LogP contribution in [0.25, 0.3) is 0 Å². The smallest absolute Gasteiger partial charge is 0.223 e. The Labute approximate surface area is 120 Å². The highest BCUT2D eigenvalue weighted by Gasteiger charge is 2.03. The van der Waals surface area contributed by atoms with E-state index in [9.17, 15) is 0 Å². The van der Waals surface area contributed by atoms with Gasteiger partial charge in [0.05, 0.1) is 6.61 Å². The first-order valence-corrected chi connectivity index (χ1v) is 6.87. The van der Waals surface area contributed by atoms with E-state index < -0.39 is 0 Å². The summed E-state index contributed by atoms with van der Waals surface area (Å²) in [6.45, 7) is 8.32. The van der Waals surface area contributed by atoms with Crippen LogP contribution < -0.4 is 11.1 Å². The minimum Gasteiger partial charge on any atom is -0.388 e. The molecule has 106 valence electrons. The van der Waals surface area contributed by atoms with Gasteiger partial charge in [0.1, 0.15) is 10.7 Å². The van der Waals surface area contributed by atoms with Crippen molar-refractivity contribution in [2.24, 2.45) is 11.7 Å². The van der Waals surface area contributed by atoms with Gasteiger partial charge in [0.25, 0.3) is 0 Å². The molecule has 0 aliphatic carbocycles. The number of aromatic nitrogens is 2. The molecule has 0 atom stereocenters. The first-order chi connectivity index (χ1) is 8.99. The third-order valence-electron chi connectivity index (χ3n) is 2.48. The average Bonchev–Trinajstić information content (AvgIpc) is 2.32. The van der Waals surface area contributed by atoms with Crippen molar-refractivity contribution in [1.29, 1.82) is 0 Å². The average molecular weight is 282 g/mol. The number of nitrogens with one attached hydrogen (secondary N) is 1. The largest absolute Gasteiger partial charge is 0.388 e. The molecule has 0 fully saturated rings. The zero-order chi connectivity index (χ0) is 14.3. The van der Waals surface area contributed by atoms with Gasteiger partial charge in [0.15, 0.2) is 0 Å². The van der Waals surface area contributed by atoms with Gasteiger partial charge < -0.3 is 15.8 Å². The molecule has 0 radical (unpaired) electrons. The van der Waals surface area contributed by atoms with E-state index in [-0.39, 0.29) is 4.99 Å². The minimum absolute atomic E-state index is 0.279. The molecular weight excluding hydrogens is 260 g/mol. The normalized spacial score (nSPS) is 10.7. The van der Waals surface area contributed by atoms with Crippen LogP contribution in [-0.4, -0.2) is 34.7 Å². The number of nitrogens with two attached hydrogens (primary N) is 1. The molecule has 0 aliphatic rings. The summed E-state index contributed by atoms with van der Waals surface area (Å²) >= 11 is 4.91. The molecule has 6 heteroatoms. The molecule has 0 saturated heterocycles. The summed E-state index contributed by atoms with van der Waals surface area (Å²) in [5, 5.41) is 3.11. The van der Waals surface area contributed by atoms with E-state index in [1.807, 2.05) is 6.92 Å². The Morgan fingerprint density at radius 1 is 1.42 bits per heavy atom. The quantitative estimate of drug-likeness (QED) is 0.560. The molecule has 0 spiro atoms. The van der Waals surface area contributed by atoms with Crippen LogP contribution in [-0.2, 0) is 4.74 Å². The van der Waals surface area contributed by atoms with E-state index in [1.165, 1.54) is 0 Å². The molecule has 0 bridgehead atoms. The second-order valence-corrected chi connectivity index (χ2v) is 5.24. The fourth-order valence-electron chi connectivity index (χ4n) is 1.43. The number of hydrogen-bond acceptors (Lipinski definition) is 5. The Morgan fingerprint density at radius 2 is 2.16 bits per heavy atom. The Morgan fingerprint density at radius 3 is 2.79 bits per heavy atom. The second kappa shape index (κ2) is 8.01. The summed E-state index contributed by atoms with van der Waals surface area (Å²) in [4.78, 5) is 8.78. The third kappa shape index (κ3) is 6.45. The molecule has 1 heterocycles. The summed E-state index contributed by atoms with van der Waals surface area (Å²) in [6, 6.07) is 1.77. The summed E-state index contributed by atoms with van der Waals surface area (Å²) in [7, 11) is 0. The van der Waals surface area contributed by atoms with Gasteiger partial charge in [-0.1, -0.05) is 26.1 Å². The van der Waals surface area contributed by atoms with Crippen LogP contribution in [0.3, 0.4) is 0 Å². The van der Waals surface area contributed by atoms with Crippen LogP contribution >= 0.6 is 12.2 Å². The first-order valence-electron chi connectivity index (χ1n) is 6.46. The van der Waals surface area contributed by atoms with Crippen molar-refractivity contribution in [1.82, 2.24) is 9.97 Å². The van der Waals surface area contributed by atoms with Gasteiger partial charge in [0, 0.05) is 18.8 Å². The SMILES string of the molecule is Cc1cc(C(N)=S)nc(NCCOCCC(C)C)n1. The monoisotopic (exact) mass is 282 g/mol. The Kier molecular flexibility index (Phi) is 6.66. The molecule has 0 amide bonds. The Bertz CT molecular complexity index is 423. The second-order valence-electron chi connectivity index (χ2n) is 4.80. The number of aryl methyl sites for hydroxylation is 1. The predicted octanol–water partition coefficient (Wildman–Crippen LogP) is 1.89. The molecule has 5 nitrogen and oxygen atoms in total. The van der Waals surface area contributed by atoms with Gasteiger partial charge in [-0.25, -0.2) is 9.97 Å². The number of nitrogens with zero attached hydrogens (tertiary/aromatic N) is 2. The molecule has 0 unspecified atom stereocenters. The van der Waals surface area contributed by atoms with Crippen LogP contribution in [0, 0.1) is 12.8 Å². The number of anilines is 1. The Balaban J connectivity index is 2.35. The maximum atomic E-state index is 5.56. The molecule has 0 aromatic carbocycles. The van der Waals surface area contributed by atoms with Crippen LogP contribution in [0.1, 0.15) is 31.7 Å². The van der Waals surface area contributed by atoms with Crippen molar-refractivity contribution in [2.75, 3.05) is 25.1 Å². The standard InChI is InChI=1S/C13H22N4OS/c1-9(2)4-6-18-7-5-15-13-16-10(3)8-11(17-13)12(14)19/h8-9H,4-7H2,1-3H3,(H2,14,19)(H,15,16,17). The maximum absolute atomic E-state index is 5.56. The molecule has 0 saturated carbocycles. The van der Waals surface area contributed by atoms with Crippen molar-refractivity contribution in [2.45, 2.75) is 27.2 Å². The molecule has 0 aliphatic heterocycles. The first kappa shape index (κ1) is 15.8. The fourth-order valence-corrected chi connectivity index (χ4v) is 1.53. The van der Waals surface area contributed by atoms with Crippen molar-refractivity contribution in [3.63, 3.8) is 0 Å². The zero-order valence-corrected chi connectivity index (χ0v) is 12.6. The van der Waals surface area contributed by atoms with E-state index in [0.29, 0.717) is 30.7 Å². The van der Waals surface area contributed by atoms with Crippen LogP contribution in [0.15, 0.2) is 6.07 Å². The third-order valence-corrected chi connectivity index (χ3v) is 2.68. The Hall–Kier alpha value is -1.27. The number of hydrogen-bond donors (Lipinski definition) is 2. The van der Waals surface area contributed by atoms with Crippen molar-refractivity contribution < 1.29 is 4.74 Å². The zero-order valence-electron chi connectivity index (χ0n) is 11.8. The molecule has 1 aromatic rings. The van der Waals surface area contributed by atoms with E-state index in [1.54, 1.807) is 6.07 Å². The molecule has 1 rings (SSSR count). The van der Waals surface area contributed by atoms with Crippen molar-refractivity contribution in [3.8, 4) is 0 Å². The molecule has 1 aromatic heterocycles. The summed E-state index contributed by atoms with van der Waals surface area (Å²) in [5.41, 5.74) is 6.99. The van der Waals surface area contributed by atoms with E-state index in [0.717, 1.165) is 18.7 Å². The lowest BCUT2D eigenvalue weighted by Gasteiger charge is -2.09. The number of ether oxygens (including phenoxy) is 1. The van der Waals surface area contributed by atoms with Crippen LogP contribution in [0.2, 0.25) is 0 Å². The van der Waals surface area contributed by atoms with Gasteiger partial charge in [-0.15, -0.1) is 0 Å². The van der Waals surface area contributed by atoms with Gasteiger partial charge >= 0.3 is 0 Å². The summed E-state index contributed by atoms with van der Waals surface area (Å²) in [6.07, 6.45) is 1.08. The molecule has 3 N–H and O–H groups in total. The molecular formula is C13H22N4OS. The number of thiocarbonyl (C=S) groups is 1. The van der Waals surface area contributed by atoms with Gasteiger partial charge in [-0.3, -0.25) is 0 Å². The fraction of sp³-hybridized carbons (Fsp3) is 0.615. The van der Waals surface area contributed by atoms with E-state index in [2.05, 4.69) is 29.1 Å². The van der Waals surface area contributed by atoms with Crippen molar-refractivity contribution >= 4 is 23.2 Å². The lowest BCUT2D eigenvalue weighted by Crippen LogP contribution is -2.17. The van der Waals surface area contributed by atoms with Gasteiger partial charge in [-0.2, -0.15) is 0 Å². The molecule has 19 heavy (non-hydrogen) atoms. The lowest BCUT2D eigenvalue weighted by atomic mass is 10.1. The maximum Gasteiger partial charge on any atom is 0.223 e. The summed E-state index contributed by atoms with van der Waals surface area (Å²) < 4.78 is 5.51. The predicted molar refractivity (Wildman–Crippen MR) is 81.4 cm³/mol. The van der Waals surface area contributed by atoms with Crippen LogP contribution in [0.4, 0.5) is 5.95 Å². The van der Waals surface area contributed by atoms with Gasteiger partial charge in [0.2, 0.25) is 5.95 Å². The van der Waals surface area contributed by atoms with Gasteiger partial charge in [-0.05, 0) is 25.3 Å². The lowest BCUT2D eigenvalue weighted by molar-refractivity contribution is 0.132. The topological polar surface area (TPSA) is 73.1 Å². The highest BCUT2D eigenvalue weighted by molar-refractivity contribution is 7.80. The minimum atomic E-state index is 0.279. The van der Waals surface area contributed by atoms with Crippen molar-refractivity contribution in [3.05, 3.63) is 17.5 Å². The summed E-state index contributed by atoms with van der Waals surface area (Å²) in [5.74, 6) is 1.21. The number of rotatable bonds is 8. The highest BCUT2D eigenvalue weighted by Crippen LogP contribution is 2.04.